The summed E-state index contributed by atoms with van der Waals surface area (Å²) >= 11 is 5.89. The molecule has 0 bridgehead atoms. The lowest BCUT2D eigenvalue weighted by Crippen LogP contribution is -2.29. The molecule has 3 aromatic rings. The number of primary amides is 1. The highest BCUT2D eigenvalue weighted by atomic mass is 35.5. The minimum absolute atomic E-state index is 0.0836. The first kappa shape index (κ1) is 24.9. The number of anilines is 3. The molecule has 4 amide bonds. The number of nitrogens with one attached hydrogen (secondary N) is 2. The predicted molar refractivity (Wildman–Crippen MR) is 140 cm³/mol. The molecule has 36 heavy (non-hydrogen) atoms. The summed E-state index contributed by atoms with van der Waals surface area (Å²) in [6.45, 7) is 0.660. The highest BCUT2D eigenvalue weighted by Gasteiger charge is 2.19. The zero-order valence-electron chi connectivity index (χ0n) is 19.4. The lowest BCUT2D eigenvalue weighted by molar-refractivity contribution is -0.118. The highest BCUT2D eigenvalue weighted by molar-refractivity contribution is 6.30. The number of benzene rings is 3. The van der Waals surface area contributed by atoms with E-state index in [1.807, 2.05) is 0 Å². The Hall–Kier alpha value is -4.17. The van der Waals surface area contributed by atoms with E-state index in [4.69, 9.17) is 17.3 Å². The summed E-state index contributed by atoms with van der Waals surface area (Å²) in [4.78, 5) is 51.5. The third-order valence-corrected chi connectivity index (χ3v) is 6.17. The first-order valence-electron chi connectivity index (χ1n) is 11.5. The fourth-order valence-corrected chi connectivity index (χ4v) is 4.07. The number of rotatable bonds is 6. The van der Waals surface area contributed by atoms with E-state index < -0.39 is 17.7 Å². The van der Waals surface area contributed by atoms with Crippen LogP contribution in [0.2, 0.25) is 5.02 Å². The van der Waals surface area contributed by atoms with Crippen molar-refractivity contribution >= 4 is 52.3 Å². The van der Waals surface area contributed by atoms with Crippen LogP contribution in [0.1, 0.15) is 56.8 Å². The largest absolute Gasteiger partial charge is 0.366 e. The van der Waals surface area contributed by atoms with Crippen molar-refractivity contribution in [2.45, 2.75) is 25.7 Å². The maximum atomic E-state index is 13.0. The van der Waals surface area contributed by atoms with Gasteiger partial charge in [-0.15, -0.1) is 0 Å². The smallest absolute Gasteiger partial charge is 0.255 e. The number of hydrogen-bond acceptors (Lipinski definition) is 4. The van der Waals surface area contributed by atoms with Gasteiger partial charge in [0.05, 0.1) is 11.4 Å². The van der Waals surface area contributed by atoms with E-state index in [0.717, 1.165) is 24.9 Å². The van der Waals surface area contributed by atoms with Gasteiger partial charge in [-0.2, -0.15) is 0 Å². The molecule has 4 rings (SSSR count). The van der Waals surface area contributed by atoms with Gasteiger partial charge < -0.3 is 21.3 Å². The standard InChI is InChI=1S/C27H25ClN4O4/c28-20-10-5-17(6-11-20)27(36)31-23-16-19(25(29)34)9-14-22(23)30-26(35)18-7-12-21(13-8-18)32-15-3-1-2-4-24(32)33/h5-14,16H,1-4,15H2,(H2,29,34)(H,30,35)(H,31,36). The van der Waals surface area contributed by atoms with E-state index in [9.17, 15) is 19.2 Å². The van der Waals surface area contributed by atoms with E-state index in [1.165, 1.54) is 18.2 Å². The number of carbonyl (C=O) groups is 4. The fourth-order valence-electron chi connectivity index (χ4n) is 3.95. The van der Waals surface area contributed by atoms with Crippen LogP contribution in [0.15, 0.2) is 66.7 Å². The molecule has 0 aromatic heterocycles. The van der Waals surface area contributed by atoms with Crippen LogP contribution in [0.4, 0.5) is 17.1 Å². The number of amides is 4. The molecular weight excluding hydrogens is 480 g/mol. The van der Waals surface area contributed by atoms with Gasteiger partial charge in [0.2, 0.25) is 11.8 Å². The van der Waals surface area contributed by atoms with Crippen LogP contribution in [0, 0.1) is 0 Å². The van der Waals surface area contributed by atoms with Crippen LogP contribution in [-0.2, 0) is 4.79 Å². The van der Waals surface area contributed by atoms with Gasteiger partial charge in [-0.25, -0.2) is 0 Å². The average molecular weight is 505 g/mol. The number of nitrogens with two attached hydrogens (primary N) is 1. The molecule has 1 fully saturated rings. The van der Waals surface area contributed by atoms with E-state index in [2.05, 4.69) is 10.6 Å². The van der Waals surface area contributed by atoms with Crippen LogP contribution in [0.25, 0.3) is 0 Å². The molecular formula is C27H25ClN4O4. The van der Waals surface area contributed by atoms with Gasteiger partial charge >= 0.3 is 0 Å². The van der Waals surface area contributed by atoms with Crippen molar-refractivity contribution in [1.29, 1.82) is 0 Å². The summed E-state index contributed by atoms with van der Waals surface area (Å²) in [6, 6.07) is 17.4. The van der Waals surface area contributed by atoms with Gasteiger partial charge in [0.15, 0.2) is 0 Å². The van der Waals surface area contributed by atoms with Gasteiger partial charge in [-0.3, -0.25) is 19.2 Å². The van der Waals surface area contributed by atoms with Gasteiger partial charge in [-0.05, 0) is 79.6 Å². The van der Waals surface area contributed by atoms with Crippen LogP contribution >= 0.6 is 11.6 Å². The molecule has 1 heterocycles. The van der Waals surface area contributed by atoms with Gasteiger partial charge in [0, 0.05) is 40.4 Å². The molecule has 0 unspecified atom stereocenters. The van der Waals surface area contributed by atoms with E-state index in [-0.39, 0.29) is 17.2 Å². The van der Waals surface area contributed by atoms with Crippen molar-refractivity contribution in [3.8, 4) is 0 Å². The first-order valence-corrected chi connectivity index (χ1v) is 11.9. The molecule has 0 aliphatic carbocycles. The Morgan fingerprint density at radius 1 is 0.750 bits per heavy atom. The van der Waals surface area contributed by atoms with Crippen molar-refractivity contribution in [3.63, 3.8) is 0 Å². The van der Waals surface area contributed by atoms with E-state index in [1.54, 1.807) is 53.4 Å². The fraction of sp³-hybridized carbons (Fsp3) is 0.185. The maximum Gasteiger partial charge on any atom is 0.255 e. The number of hydrogen-bond donors (Lipinski definition) is 3. The number of nitrogens with zero attached hydrogens (tertiary/aromatic N) is 1. The third-order valence-electron chi connectivity index (χ3n) is 5.92. The molecule has 8 nitrogen and oxygen atoms in total. The Balaban J connectivity index is 1.53. The minimum atomic E-state index is -0.673. The highest BCUT2D eigenvalue weighted by Crippen LogP contribution is 2.26. The zero-order chi connectivity index (χ0) is 25.7. The van der Waals surface area contributed by atoms with Crippen molar-refractivity contribution in [3.05, 3.63) is 88.4 Å². The summed E-state index contributed by atoms with van der Waals surface area (Å²) in [7, 11) is 0. The molecule has 0 spiro atoms. The zero-order valence-corrected chi connectivity index (χ0v) is 20.2. The molecule has 1 aliphatic heterocycles. The van der Waals surface area contributed by atoms with E-state index >= 15 is 0 Å². The first-order chi connectivity index (χ1) is 17.3. The molecule has 4 N–H and O–H groups in total. The van der Waals surface area contributed by atoms with Crippen LogP contribution < -0.4 is 21.3 Å². The normalized spacial score (nSPS) is 13.6. The minimum Gasteiger partial charge on any atom is -0.366 e. The van der Waals surface area contributed by atoms with Crippen LogP contribution in [0.5, 0.6) is 0 Å². The quantitative estimate of drug-likeness (QED) is 0.444. The SMILES string of the molecule is NC(=O)c1ccc(NC(=O)c2ccc(N3CCCCCC3=O)cc2)c(NC(=O)c2ccc(Cl)cc2)c1. The molecule has 0 atom stereocenters. The van der Waals surface area contributed by atoms with Gasteiger partial charge in [0.25, 0.3) is 11.8 Å². The lowest BCUT2D eigenvalue weighted by Gasteiger charge is -2.21. The second-order valence-electron chi connectivity index (χ2n) is 8.44. The monoisotopic (exact) mass is 504 g/mol. The predicted octanol–water partition coefficient (Wildman–Crippen LogP) is 4.85. The third kappa shape index (κ3) is 5.90. The summed E-state index contributed by atoms with van der Waals surface area (Å²) in [5.41, 5.74) is 7.54. The maximum absolute atomic E-state index is 13.0. The number of halogens is 1. The topological polar surface area (TPSA) is 122 Å². The number of carbonyl (C=O) groups excluding carboxylic acids is 4. The molecule has 184 valence electrons. The van der Waals surface area contributed by atoms with Crippen LogP contribution in [0.3, 0.4) is 0 Å². The Morgan fingerprint density at radius 2 is 1.33 bits per heavy atom. The second-order valence-corrected chi connectivity index (χ2v) is 8.88. The Bertz CT molecular complexity index is 1310. The van der Waals surface area contributed by atoms with Crippen molar-refractivity contribution < 1.29 is 19.2 Å². The van der Waals surface area contributed by atoms with Gasteiger partial charge in [0.1, 0.15) is 0 Å². The van der Waals surface area contributed by atoms with E-state index in [0.29, 0.717) is 34.8 Å². The van der Waals surface area contributed by atoms with Crippen molar-refractivity contribution in [2.75, 3.05) is 22.1 Å². The molecule has 9 heteroatoms. The Labute approximate surface area is 213 Å². The van der Waals surface area contributed by atoms with Crippen molar-refractivity contribution in [2.24, 2.45) is 5.73 Å². The lowest BCUT2D eigenvalue weighted by atomic mass is 10.1. The Morgan fingerprint density at radius 3 is 1.97 bits per heavy atom. The van der Waals surface area contributed by atoms with Crippen LogP contribution in [-0.4, -0.2) is 30.2 Å². The average Bonchev–Trinajstić information content (AvgIpc) is 3.09. The Kier molecular flexibility index (Phi) is 7.65. The summed E-state index contributed by atoms with van der Waals surface area (Å²) in [5, 5.41) is 5.97. The molecule has 3 aromatic carbocycles. The molecule has 1 aliphatic rings. The van der Waals surface area contributed by atoms with Crippen molar-refractivity contribution in [1.82, 2.24) is 0 Å². The molecule has 0 radical (unpaired) electrons. The summed E-state index contributed by atoms with van der Waals surface area (Å²) in [5.74, 6) is -1.46. The summed E-state index contributed by atoms with van der Waals surface area (Å²) in [6.07, 6.45) is 3.38. The summed E-state index contributed by atoms with van der Waals surface area (Å²) < 4.78 is 0. The van der Waals surface area contributed by atoms with Gasteiger partial charge in [-0.1, -0.05) is 18.0 Å². The molecule has 1 saturated heterocycles. The second kappa shape index (κ2) is 11.0. The molecule has 0 saturated carbocycles.